The number of carbonyl (C=O) groups excluding carboxylic acids is 2. The van der Waals surface area contributed by atoms with Crippen LogP contribution in [0, 0.1) is 6.92 Å². The molecule has 0 bridgehead atoms. The number of benzene rings is 1. The molecule has 0 spiro atoms. The normalized spacial score (nSPS) is 17.2. The molecule has 0 aliphatic carbocycles. The van der Waals surface area contributed by atoms with E-state index in [9.17, 15) is 14.4 Å². The van der Waals surface area contributed by atoms with Gasteiger partial charge in [0, 0.05) is 22.8 Å². The summed E-state index contributed by atoms with van der Waals surface area (Å²) < 4.78 is 6.63. The van der Waals surface area contributed by atoms with Crippen LogP contribution in [-0.4, -0.2) is 28.6 Å². The molecule has 6 nitrogen and oxygen atoms in total. The summed E-state index contributed by atoms with van der Waals surface area (Å²) in [6, 6.07) is 7.76. The molecule has 25 heavy (non-hydrogen) atoms. The number of para-hydroxylation sites is 1. The summed E-state index contributed by atoms with van der Waals surface area (Å²) in [5, 5.41) is 1.69. The van der Waals surface area contributed by atoms with Gasteiger partial charge < -0.3 is 9.64 Å². The Morgan fingerprint density at radius 3 is 2.76 bits per heavy atom. The number of ether oxygens (including phenoxy) is 1. The average Bonchev–Trinajstić information content (AvgIpc) is 3.07. The van der Waals surface area contributed by atoms with Crippen molar-refractivity contribution in [2.45, 2.75) is 45.9 Å². The van der Waals surface area contributed by atoms with Crippen LogP contribution in [0.5, 0.6) is 0 Å². The van der Waals surface area contributed by atoms with Crippen molar-refractivity contribution in [3.63, 3.8) is 0 Å². The number of hydrogen-bond acceptors (Lipinski definition) is 5. The standard InChI is InChI=1S/C18H20N2O4S/c1-11-8-14-6-4-5-7-15(14)20(11)17(22)13(3)24-16(21)9-19-12(2)10-25-18(19)23/h4-7,10-11,13H,8-9H2,1-3H3/t11-,13+/m0/s1. The molecule has 1 aromatic carbocycles. The first-order valence-electron chi connectivity index (χ1n) is 8.14. The van der Waals surface area contributed by atoms with Gasteiger partial charge in [0.2, 0.25) is 0 Å². The number of amides is 1. The van der Waals surface area contributed by atoms with E-state index in [1.807, 2.05) is 31.2 Å². The van der Waals surface area contributed by atoms with Crippen LogP contribution in [0.2, 0.25) is 0 Å². The minimum Gasteiger partial charge on any atom is -0.451 e. The van der Waals surface area contributed by atoms with E-state index in [0.717, 1.165) is 29.0 Å². The molecule has 7 heteroatoms. The molecule has 0 radical (unpaired) electrons. The van der Waals surface area contributed by atoms with Crippen molar-refractivity contribution < 1.29 is 14.3 Å². The van der Waals surface area contributed by atoms with Crippen molar-refractivity contribution in [3.8, 4) is 0 Å². The first-order valence-corrected chi connectivity index (χ1v) is 9.02. The molecule has 0 unspecified atom stereocenters. The maximum absolute atomic E-state index is 12.8. The maximum Gasteiger partial charge on any atom is 0.326 e. The summed E-state index contributed by atoms with van der Waals surface area (Å²) in [4.78, 5) is 38.1. The first kappa shape index (κ1) is 17.4. The van der Waals surface area contributed by atoms with Crippen LogP contribution in [0.15, 0.2) is 34.4 Å². The number of anilines is 1. The van der Waals surface area contributed by atoms with Crippen LogP contribution < -0.4 is 9.77 Å². The number of hydrogen-bond donors (Lipinski definition) is 0. The topological polar surface area (TPSA) is 68.6 Å². The summed E-state index contributed by atoms with van der Waals surface area (Å²) in [6.07, 6.45) is -0.123. The first-order chi connectivity index (χ1) is 11.9. The van der Waals surface area contributed by atoms with Gasteiger partial charge in [-0.15, -0.1) is 0 Å². The highest BCUT2D eigenvalue weighted by Gasteiger charge is 2.34. The molecule has 2 atom stereocenters. The van der Waals surface area contributed by atoms with Crippen LogP contribution in [-0.2, 0) is 27.3 Å². The monoisotopic (exact) mass is 360 g/mol. The number of nitrogens with zero attached hydrogens (tertiary/aromatic N) is 2. The smallest absolute Gasteiger partial charge is 0.326 e. The number of esters is 1. The van der Waals surface area contributed by atoms with E-state index in [1.165, 1.54) is 4.57 Å². The zero-order valence-electron chi connectivity index (χ0n) is 14.4. The molecule has 0 saturated heterocycles. The molecule has 1 amide bonds. The second-order valence-corrected chi connectivity index (χ2v) is 7.07. The van der Waals surface area contributed by atoms with Gasteiger partial charge in [-0.2, -0.15) is 0 Å². The number of aryl methyl sites for hydroxylation is 1. The van der Waals surface area contributed by atoms with E-state index in [0.29, 0.717) is 5.69 Å². The minimum absolute atomic E-state index is 0.0211. The van der Waals surface area contributed by atoms with Gasteiger partial charge in [-0.3, -0.25) is 19.0 Å². The Balaban J connectivity index is 1.69. The van der Waals surface area contributed by atoms with E-state index in [4.69, 9.17) is 4.74 Å². The van der Waals surface area contributed by atoms with E-state index < -0.39 is 12.1 Å². The van der Waals surface area contributed by atoms with Gasteiger partial charge in [0.1, 0.15) is 6.54 Å². The lowest BCUT2D eigenvalue weighted by atomic mass is 10.1. The third-order valence-corrected chi connectivity index (χ3v) is 5.25. The lowest BCUT2D eigenvalue weighted by molar-refractivity contribution is -0.154. The van der Waals surface area contributed by atoms with Crippen LogP contribution in [0.25, 0.3) is 0 Å². The SMILES string of the molecule is Cc1csc(=O)n1CC(=O)O[C@H](C)C(=O)N1c2ccccc2C[C@@H]1C. The van der Waals surface area contributed by atoms with Crippen molar-refractivity contribution >= 4 is 28.9 Å². The second kappa shape index (κ2) is 6.84. The molecule has 0 N–H and O–H groups in total. The van der Waals surface area contributed by atoms with E-state index in [2.05, 4.69) is 0 Å². The van der Waals surface area contributed by atoms with Gasteiger partial charge in [-0.25, -0.2) is 0 Å². The predicted molar refractivity (Wildman–Crippen MR) is 96.0 cm³/mol. The van der Waals surface area contributed by atoms with E-state index >= 15 is 0 Å². The van der Waals surface area contributed by atoms with Gasteiger partial charge in [0.05, 0.1) is 0 Å². The summed E-state index contributed by atoms with van der Waals surface area (Å²) >= 11 is 1.04. The van der Waals surface area contributed by atoms with Gasteiger partial charge >= 0.3 is 10.8 Å². The Morgan fingerprint density at radius 1 is 1.36 bits per heavy atom. The fourth-order valence-electron chi connectivity index (χ4n) is 3.11. The zero-order chi connectivity index (χ0) is 18.1. The summed E-state index contributed by atoms with van der Waals surface area (Å²) in [7, 11) is 0. The molecule has 3 rings (SSSR count). The Bertz CT molecular complexity index is 870. The number of thiazole rings is 1. The molecule has 0 saturated carbocycles. The molecule has 2 heterocycles. The molecule has 1 aromatic heterocycles. The highest BCUT2D eigenvalue weighted by molar-refractivity contribution is 7.07. The predicted octanol–water partition coefficient (Wildman–Crippen LogP) is 2.13. The minimum atomic E-state index is -0.907. The van der Waals surface area contributed by atoms with E-state index in [1.54, 1.807) is 24.1 Å². The Morgan fingerprint density at radius 2 is 2.08 bits per heavy atom. The lowest BCUT2D eigenvalue weighted by Gasteiger charge is -2.26. The average molecular weight is 360 g/mol. The Hall–Kier alpha value is -2.41. The molecule has 1 aliphatic rings. The lowest BCUT2D eigenvalue weighted by Crippen LogP contribution is -2.43. The molecule has 1 aliphatic heterocycles. The van der Waals surface area contributed by atoms with Crippen LogP contribution in [0.3, 0.4) is 0 Å². The highest BCUT2D eigenvalue weighted by atomic mass is 32.1. The van der Waals surface area contributed by atoms with Crippen molar-refractivity contribution in [3.05, 3.63) is 50.6 Å². The summed E-state index contributed by atoms with van der Waals surface area (Å²) in [6.45, 7) is 5.11. The van der Waals surface area contributed by atoms with Gasteiger partial charge in [0.25, 0.3) is 5.91 Å². The number of rotatable bonds is 4. The summed E-state index contributed by atoms with van der Waals surface area (Å²) in [5.74, 6) is -0.843. The third kappa shape index (κ3) is 3.37. The Labute approximate surface area is 149 Å². The molecule has 2 aromatic rings. The number of aromatic nitrogens is 1. The van der Waals surface area contributed by atoms with Gasteiger partial charge in [-0.1, -0.05) is 29.5 Å². The van der Waals surface area contributed by atoms with Crippen molar-refractivity contribution in [1.82, 2.24) is 4.57 Å². The molecular weight excluding hydrogens is 340 g/mol. The van der Waals surface area contributed by atoms with Gasteiger partial charge in [-0.05, 0) is 38.8 Å². The second-order valence-electron chi connectivity index (χ2n) is 6.25. The van der Waals surface area contributed by atoms with Crippen LogP contribution in [0.4, 0.5) is 5.69 Å². The number of fused-ring (bicyclic) bond motifs is 1. The quantitative estimate of drug-likeness (QED) is 0.784. The molecule has 132 valence electrons. The number of carbonyl (C=O) groups is 2. The van der Waals surface area contributed by atoms with E-state index in [-0.39, 0.29) is 23.4 Å². The van der Waals surface area contributed by atoms with Gasteiger partial charge in [0.15, 0.2) is 6.10 Å². The zero-order valence-corrected chi connectivity index (χ0v) is 15.2. The van der Waals surface area contributed by atoms with Crippen molar-refractivity contribution in [2.75, 3.05) is 4.90 Å². The maximum atomic E-state index is 12.8. The fourth-order valence-corrected chi connectivity index (χ4v) is 3.84. The van der Waals surface area contributed by atoms with Crippen molar-refractivity contribution in [2.24, 2.45) is 0 Å². The molecular formula is C18H20N2O4S. The van der Waals surface area contributed by atoms with Crippen molar-refractivity contribution in [1.29, 1.82) is 0 Å². The van der Waals surface area contributed by atoms with Crippen LogP contribution in [0.1, 0.15) is 25.1 Å². The fraction of sp³-hybridized carbons (Fsp3) is 0.389. The highest BCUT2D eigenvalue weighted by Crippen LogP contribution is 2.32. The third-order valence-electron chi connectivity index (χ3n) is 4.36. The summed E-state index contributed by atoms with van der Waals surface area (Å²) in [5.41, 5.74) is 2.68. The van der Waals surface area contributed by atoms with Crippen LogP contribution >= 0.6 is 11.3 Å². The Kier molecular flexibility index (Phi) is 4.76. The molecule has 0 fully saturated rings. The largest absolute Gasteiger partial charge is 0.451 e.